The first-order valence-corrected chi connectivity index (χ1v) is 9.66. The van der Waals surface area contributed by atoms with Crippen molar-refractivity contribution in [3.8, 4) is 0 Å². The molecule has 4 rings (SSSR count). The molecule has 5 nitrogen and oxygen atoms in total. The second kappa shape index (κ2) is 7.99. The van der Waals surface area contributed by atoms with Crippen LogP contribution in [0.15, 0.2) is 29.4 Å². The number of hydrogen-bond donors (Lipinski definition) is 3. The number of ether oxygens (including phenoxy) is 1. The van der Waals surface area contributed by atoms with E-state index in [1.807, 2.05) is 7.05 Å². The van der Waals surface area contributed by atoms with Gasteiger partial charge in [0.15, 0.2) is 5.96 Å². The SMILES string of the molecule is CN=C(NCCc1c[nH]c2cc(C)ccc12)NC1C2CCOC2C1(C)C.I. The van der Waals surface area contributed by atoms with E-state index in [9.17, 15) is 0 Å². The van der Waals surface area contributed by atoms with Crippen LogP contribution < -0.4 is 10.6 Å². The zero-order valence-electron chi connectivity index (χ0n) is 16.6. The van der Waals surface area contributed by atoms with Crippen LogP contribution in [0.1, 0.15) is 31.4 Å². The number of guanidine groups is 1. The molecule has 2 fully saturated rings. The summed E-state index contributed by atoms with van der Waals surface area (Å²) in [7, 11) is 1.85. The maximum atomic E-state index is 5.89. The highest BCUT2D eigenvalue weighted by atomic mass is 127. The maximum absolute atomic E-state index is 5.89. The van der Waals surface area contributed by atoms with E-state index in [1.165, 1.54) is 22.0 Å². The van der Waals surface area contributed by atoms with Gasteiger partial charge in [-0.25, -0.2) is 0 Å². The number of benzene rings is 1. The van der Waals surface area contributed by atoms with E-state index in [-0.39, 0.29) is 29.4 Å². The van der Waals surface area contributed by atoms with E-state index in [4.69, 9.17) is 4.74 Å². The minimum absolute atomic E-state index is 0. The third-order valence-electron chi connectivity index (χ3n) is 6.23. The van der Waals surface area contributed by atoms with Gasteiger partial charge in [0.2, 0.25) is 0 Å². The van der Waals surface area contributed by atoms with E-state index in [1.54, 1.807) is 0 Å². The second-order valence-electron chi connectivity index (χ2n) is 8.30. The molecule has 1 aliphatic heterocycles. The van der Waals surface area contributed by atoms with Crippen molar-refractivity contribution in [2.45, 2.75) is 45.8 Å². The van der Waals surface area contributed by atoms with Gasteiger partial charge < -0.3 is 20.4 Å². The quantitative estimate of drug-likeness (QED) is 0.355. The molecule has 3 unspecified atom stereocenters. The molecule has 2 aromatic rings. The number of rotatable bonds is 4. The molecule has 3 N–H and O–H groups in total. The van der Waals surface area contributed by atoms with E-state index >= 15 is 0 Å². The predicted octanol–water partition coefficient (Wildman–Crippen LogP) is 3.62. The van der Waals surface area contributed by atoms with Crippen LogP contribution in [0.25, 0.3) is 10.9 Å². The first-order chi connectivity index (χ1) is 12.5. The maximum Gasteiger partial charge on any atom is 0.191 e. The van der Waals surface area contributed by atoms with Gasteiger partial charge in [-0.3, -0.25) is 4.99 Å². The van der Waals surface area contributed by atoms with Crippen molar-refractivity contribution in [2.24, 2.45) is 16.3 Å². The molecule has 148 valence electrons. The molecule has 0 spiro atoms. The fourth-order valence-electron chi connectivity index (χ4n) is 4.78. The third-order valence-corrected chi connectivity index (χ3v) is 6.23. The van der Waals surface area contributed by atoms with Gasteiger partial charge >= 0.3 is 0 Å². The molecule has 6 heteroatoms. The van der Waals surface area contributed by atoms with E-state index < -0.39 is 0 Å². The molecule has 0 amide bonds. The zero-order valence-corrected chi connectivity index (χ0v) is 19.0. The summed E-state index contributed by atoms with van der Waals surface area (Å²) in [5, 5.41) is 8.44. The number of aromatic amines is 1. The van der Waals surface area contributed by atoms with Crippen molar-refractivity contribution in [3.05, 3.63) is 35.5 Å². The summed E-state index contributed by atoms with van der Waals surface area (Å²) in [4.78, 5) is 7.81. The summed E-state index contributed by atoms with van der Waals surface area (Å²) in [6.07, 6.45) is 4.63. The van der Waals surface area contributed by atoms with Crippen LogP contribution in [-0.4, -0.2) is 43.3 Å². The van der Waals surface area contributed by atoms with Gasteiger partial charge in [0.05, 0.1) is 6.10 Å². The van der Waals surface area contributed by atoms with Crippen molar-refractivity contribution in [2.75, 3.05) is 20.2 Å². The van der Waals surface area contributed by atoms with Gasteiger partial charge in [0, 0.05) is 54.7 Å². The lowest BCUT2D eigenvalue weighted by Gasteiger charge is -2.54. The Kier molecular flexibility index (Phi) is 6.05. The monoisotopic (exact) mass is 482 g/mol. The van der Waals surface area contributed by atoms with Crippen LogP contribution in [0.5, 0.6) is 0 Å². The molecule has 2 heterocycles. The largest absolute Gasteiger partial charge is 0.377 e. The van der Waals surface area contributed by atoms with E-state index in [2.05, 4.69) is 65.8 Å². The standard InChI is InChI=1S/C21H30N4O.HI/c1-13-5-6-15-14(12-24-17(15)11-13)7-9-23-20(22-4)25-18-16-8-10-26-19(16)21(18,2)3;/h5-6,11-12,16,18-19,24H,7-10H2,1-4H3,(H2,22,23,25);1H. The fraction of sp³-hybridized carbons (Fsp3) is 0.571. The van der Waals surface area contributed by atoms with Gasteiger partial charge in [0.1, 0.15) is 0 Å². The summed E-state index contributed by atoms with van der Waals surface area (Å²) < 4.78 is 5.89. The van der Waals surface area contributed by atoms with Crippen molar-refractivity contribution in [1.29, 1.82) is 0 Å². The summed E-state index contributed by atoms with van der Waals surface area (Å²) in [5.41, 5.74) is 4.00. The van der Waals surface area contributed by atoms with E-state index in [0.717, 1.165) is 32.0 Å². The molecule has 2 aliphatic rings. The van der Waals surface area contributed by atoms with Gasteiger partial charge in [-0.2, -0.15) is 0 Å². The van der Waals surface area contributed by atoms with Crippen molar-refractivity contribution in [1.82, 2.24) is 15.6 Å². The number of H-pyrrole nitrogens is 1. The Morgan fingerprint density at radius 3 is 2.96 bits per heavy atom. The average molecular weight is 482 g/mol. The van der Waals surface area contributed by atoms with Crippen molar-refractivity contribution >= 4 is 40.8 Å². The zero-order chi connectivity index (χ0) is 18.3. The summed E-state index contributed by atoms with van der Waals surface area (Å²) in [5.74, 6) is 1.50. The molecule has 1 saturated carbocycles. The Balaban J connectivity index is 0.00000210. The fourth-order valence-corrected chi connectivity index (χ4v) is 4.78. The Morgan fingerprint density at radius 2 is 2.19 bits per heavy atom. The number of fused-ring (bicyclic) bond motifs is 2. The Hall–Kier alpha value is -1.28. The van der Waals surface area contributed by atoms with Crippen LogP contribution in [0.2, 0.25) is 0 Å². The molecule has 3 atom stereocenters. The molecule has 1 aromatic carbocycles. The highest BCUT2D eigenvalue weighted by molar-refractivity contribution is 14.0. The van der Waals surface area contributed by atoms with Gasteiger partial charge in [-0.1, -0.05) is 26.0 Å². The van der Waals surface area contributed by atoms with Gasteiger partial charge in [-0.05, 0) is 37.0 Å². The van der Waals surface area contributed by atoms with Crippen LogP contribution in [0, 0.1) is 18.3 Å². The molecule has 0 radical (unpaired) electrons. The predicted molar refractivity (Wildman–Crippen MR) is 122 cm³/mol. The summed E-state index contributed by atoms with van der Waals surface area (Å²) >= 11 is 0. The lowest BCUT2D eigenvalue weighted by atomic mass is 9.57. The summed E-state index contributed by atoms with van der Waals surface area (Å²) in [6, 6.07) is 7.01. The molecule has 1 aromatic heterocycles. The number of aryl methyl sites for hydroxylation is 1. The first-order valence-electron chi connectivity index (χ1n) is 9.66. The van der Waals surface area contributed by atoms with Crippen molar-refractivity contribution < 1.29 is 4.74 Å². The van der Waals surface area contributed by atoms with Crippen LogP contribution in [0.4, 0.5) is 0 Å². The second-order valence-corrected chi connectivity index (χ2v) is 8.30. The molecular weight excluding hydrogens is 451 g/mol. The number of hydrogen-bond acceptors (Lipinski definition) is 2. The normalized spacial score (nSPS) is 26.2. The van der Waals surface area contributed by atoms with Gasteiger partial charge in [0.25, 0.3) is 0 Å². The molecule has 1 aliphatic carbocycles. The molecule has 1 saturated heterocycles. The minimum atomic E-state index is 0. The first kappa shape index (κ1) is 20.5. The van der Waals surface area contributed by atoms with Crippen LogP contribution in [0.3, 0.4) is 0 Å². The topological polar surface area (TPSA) is 61.4 Å². The number of nitrogens with one attached hydrogen (secondary N) is 3. The molecule has 0 bridgehead atoms. The molecular formula is C21H31IN4O. The minimum Gasteiger partial charge on any atom is -0.377 e. The highest BCUT2D eigenvalue weighted by Gasteiger charge is 2.59. The van der Waals surface area contributed by atoms with Gasteiger partial charge in [-0.15, -0.1) is 24.0 Å². The Bertz CT molecular complexity index is 829. The van der Waals surface area contributed by atoms with Crippen LogP contribution in [-0.2, 0) is 11.2 Å². The highest BCUT2D eigenvalue weighted by Crippen LogP contribution is 2.52. The summed E-state index contributed by atoms with van der Waals surface area (Å²) in [6.45, 7) is 8.46. The van der Waals surface area contributed by atoms with Crippen molar-refractivity contribution in [3.63, 3.8) is 0 Å². The number of halogens is 1. The number of aromatic nitrogens is 1. The van der Waals surface area contributed by atoms with Crippen LogP contribution >= 0.6 is 24.0 Å². The number of nitrogens with zero attached hydrogens (tertiary/aromatic N) is 1. The third kappa shape index (κ3) is 3.70. The average Bonchev–Trinajstić information content (AvgIpc) is 3.23. The smallest absolute Gasteiger partial charge is 0.191 e. The number of aliphatic imine (C=N–C) groups is 1. The Morgan fingerprint density at radius 1 is 1.37 bits per heavy atom. The lowest BCUT2D eigenvalue weighted by molar-refractivity contribution is -0.106. The lowest BCUT2D eigenvalue weighted by Crippen LogP contribution is -2.68. The molecule has 27 heavy (non-hydrogen) atoms. The van der Waals surface area contributed by atoms with E-state index in [0.29, 0.717) is 18.1 Å². The Labute approximate surface area is 178 Å².